The Morgan fingerprint density at radius 1 is 1.14 bits per heavy atom. The molecule has 0 unspecified atom stereocenters. The van der Waals surface area contributed by atoms with Crippen LogP contribution in [0.5, 0.6) is 0 Å². The maximum Gasteiger partial charge on any atom is 0.191 e. The first kappa shape index (κ1) is 18.2. The van der Waals surface area contributed by atoms with Crippen molar-refractivity contribution in [3.8, 4) is 0 Å². The third-order valence-electron chi connectivity index (χ3n) is 3.89. The van der Waals surface area contributed by atoms with Crippen LogP contribution in [-0.4, -0.2) is 88.4 Å². The summed E-state index contributed by atoms with van der Waals surface area (Å²) in [7, 11) is 1.83. The van der Waals surface area contributed by atoms with E-state index < -0.39 is 0 Å². The minimum atomic E-state index is 0.859. The van der Waals surface area contributed by atoms with E-state index in [4.69, 9.17) is 4.74 Å². The molecule has 1 heterocycles. The molecular weight excluding hydrogens is 266 g/mol. The number of hydrogen-bond donors (Lipinski definition) is 2. The number of nitrogens with zero attached hydrogens (tertiary/aromatic N) is 3. The van der Waals surface area contributed by atoms with E-state index in [1.165, 1.54) is 0 Å². The Kier molecular flexibility index (Phi) is 10.2. The topological polar surface area (TPSA) is 52.1 Å². The Balaban J connectivity index is 2.06. The zero-order valence-electron chi connectivity index (χ0n) is 14.0. The third-order valence-corrected chi connectivity index (χ3v) is 3.89. The molecule has 6 nitrogen and oxygen atoms in total. The summed E-state index contributed by atoms with van der Waals surface area (Å²) in [4.78, 5) is 9.13. The van der Waals surface area contributed by atoms with E-state index >= 15 is 0 Å². The van der Waals surface area contributed by atoms with E-state index in [-0.39, 0.29) is 0 Å². The molecule has 6 heteroatoms. The SMILES string of the molecule is CCN(CC)CCCNC(=NC)NCCN1CCOCC1. The molecule has 0 aromatic carbocycles. The Bertz CT molecular complexity index is 275. The highest BCUT2D eigenvalue weighted by Crippen LogP contribution is 1.94. The predicted octanol–water partition coefficient (Wildman–Crippen LogP) is 0.216. The van der Waals surface area contributed by atoms with Crippen molar-refractivity contribution in [1.82, 2.24) is 20.4 Å². The van der Waals surface area contributed by atoms with Crippen LogP contribution in [0.4, 0.5) is 0 Å². The quantitative estimate of drug-likeness (QED) is 0.362. The second kappa shape index (κ2) is 11.8. The zero-order valence-corrected chi connectivity index (χ0v) is 14.0. The van der Waals surface area contributed by atoms with Crippen LogP contribution in [0, 0.1) is 0 Å². The number of ether oxygens (including phenoxy) is 1. The number of hydrogen-bond acceptors (Lipinski definition) is 4. The number of morpholine rings is 1. The first-order chi connectivity index (χ1) is 10.3. The van der Waals surface area contributed by atoms with Gasteiger partial charge in [0.2, 0.25) is 0 Å². The molecule has 0 amide bonds. The van der Waals surface area contributed by atoms with E-state index in [0.717, 1.165) is 78.0 Å². The van der Waals surface area contributed by atoms with Gasteiger partial charge in [-0.2, -0.15) is 0 Å². The molecule has 1 saturated heterocycles. The average molecular weight is 299 g/mol. The van der Waals surface area contributed by atoms with Crippen molar-refractivity contribution in [2.75, 3.05) is 72.6 Å². The molecule has 0 spiro atoms. The normalized spacial score (nSPS) is 17.2. The highest BCUT2D eigenvalue weighted by atomic mass is 16.5. The predicted molar refractivity (Wildman–Crippen MR) is 89.0 cm³/mol. The van der Waals surface area contributed by atoms with E-state index in [9.17, 15) is 0 Å². The summed E-state index contributed by atoms with van der Waals surface area (Å²) in [5, 5.41) is 6.76. The van der Waals surface area contributed by atoms with Gasteiger partial charge in [-0.3, -0.25) is 9.89 Å². The van der Waals surface area contributed by atoms with Gasteiger partial charge in [-0.1, -0.05) is 13.8 Å². The second-order valence-electron chi connectivity index (χ2n) is 5.26. The lowest BCUT2D eigenvalue weighted by Gasteiger charge is -2.26. The third kappa shape index (κ3) is 8.24. The smallest absolute Gasteiger partial charge is 0.191 e. The fourth-order valence-corrected chi connectivity index (χ4v) is 2.43. The molecule has 0 atom stereocenters. The minimum absolute atomic E-state index is 0.859. The lowest BCUT2D eigenvalue weighted by Crippen LogP contribution is -2.44. The van der Waals surface area contributed by atoms with Gasteiger partial charge >= 0.3 is 0 Å². The summed E-state index contributed by atoms with van der Waals surface area (Å²) >= 11 is 0. The first-order valence-electron chi connectivity index (χ1n) is 8.27. The monoisotopic (exact) mass is 299 g/mol. The molecular formula is C15H33N5O. The van der Waals surface area contributed by atoms with Crippen LogP contribution in [-0.2, 0) is 4.74 Å². The van der Waals surface area contributed by atoms with Gasteiger partial charge in [0.05, 0.1) is 13.2 Å². The van der Waals surface area contributed by atoms with Crippen LogP contribution in [0.2, 0.25) is 0 Å². The molecule has 1 rings (SSSR count). The largest absolute Gasteiger partial charge is 0.379 e. The van der Waals surface area contributed by atoms with E-state index in [1.54, 1.807) is 0 Å². The minimum Gasteiger partial charge on any atom is -0.379 e. The molecule has 0 saturated carbocycles. The Hall–Kier alpha value is -0.850. The van der Waals surface area contributed by atoms with Crippen LogP contribution < -0.4 is 10.6 Å². The van der Waals surface area contributed by atoms with E-state index in [0.29, 0.717) is 0 Å². The molecule has 1 aliphatic heterocycles. The average Bonchev–Trinajstić information content (AvgIpc) is 2.54. The highest BCUT2D eigenvalue weighted by molar-refractivity contribution is 5.79. The van der Waals surface area contributed by atoms with Gasteiger partial charge in [-0.25, -0.2) is 0 Å². The lowest BCUT2D eigenvalue weighted by atomic mass is 10.3. The number of rotatable bonds is 9. The molecule has 124 valence electrons. The molecule has 0 bridgehead atoms. The van der Waals surface area contributed by atoms with Crippen LogP contribution in [0.3, 0.4) is 0 Å². The Morgan fingerprint density at radius 2 is 1.81 bits per heavy atom. The molecule has 0 aromatic heterocycles. The van der Waals surface area contributed by atoms with Crippen LogP contribution in [0.15, 0.2) is 4.99 Å². The van der Waals surface area contributed by atoms with Crippen molar-refractivity contribution in [1.29, 1.82) is 0 Å². The zero-order chi connectivity index (χ0) is 15.3. The van der Waals surface area contributed by atoms with Crippen molar-refractivity contribution in [3.63, 3.8) is 0 Å². The van der Waals surface area contributed by atoms with Gasteiger partial charge < -0.3 is 20.3 Å². The number of nitrogens with one attached hydrogen (secondary N) is 2. The van der Waals surface area contributed by atoms with Crippen molar-refractivity contribution in [3.05, 3.63) is 0 Å². The van der Waals surface area contributed by atoms with Crippen molar-refractivity contribution >= 4 is 5.96 Å². The molecule has 0 aliphatic carbocycles. The molecule has 2 N–H and O–H groups in total. The molecule has 0 aromatic rings. The molecule has 21 heavy (non-hydrogen) atoms. The number of guanidine groups is 1. The maximum absolute atomic E-state index is 5.35. The van der Waals surface area contributed by atoms with Crippen molar-refractivity contribution in [2.24, 2.45) is 4.99 Å². The summed E-state index contributed by atoms with van der Waals surface area (Å²) in [5.74, 6) is 0.905. The second-order valence-corrected chi connectivity index (χ2v) is 5.26. The van der Waals surface area contributed by atoms with Gasteiger partial charge in [0.25, 0.3) is 0 Å². The summed E-state index contributed by atoms with van der Waals surface area (Å²) in [6.07, 6.45) is 1.14. The van der Waals surface area contributed by atoms with Crippen LogP contribution in [0.25, 0.3) is 0 Å². The van der Waals surface area contributed by atoms with Gasteiger partial charge in [-0.05, 0) is 26.1 Å². The van der Waals surface area contributed by atoms with E-state index in [2.05, 4.69) is 39.3 Å². The standard InChI is InChI=1S/C15H33N5O/c1-4-19(5-2)9-6-7-17-15(16-3)18-8-10-20-11-13-21-14-12-20/h4-14H2,1-3H3,(H2,16,17,18). The summed E-state index contributed by atoms with van der Waals surface area (Å²) in [6.45, 7) is 14.6. The van der Waals surface area contributed by atoms with E-state index in [1.807, 2.05) is 7.05 Å². The molecule has 1 fully saturated rings. The fourth-order valence-electron chi connectivity index (χ4n) is 2.43. The van der Waals surface area contributed by atoms with Crippen LogP contribution in [0.1, 0.15) is 20.3 Å². The van der Waals surface area contributed by atoms with Gasteiger partial charge in [0, 0.05) is 39.8 Å². The summed E-state index contributed by atoms with van der Waals surface area (Å²) in [5.41, 5.74) is 0. The maximum atomic E-state index is 5.35. The van der Waals surface area contributed by atoms with Crippen molar-refractivity contribution in [2.45, 2.75) is 20.3 Å². The Labute approximate surface area is 129 Å². The van der Waals surface area contributed by atoms with Gasteiger partial charge in [0.15, 0.2) is 5.96 Å². The number of aliphatic imine (C=N–C) groups is 1. The summed E-state index contributed by atoms with van der Waals surface area (Å²) < 4.78 is 5.35. The van der Waals surface area contributed by atoms with Crippen molar-refractivity contribution < 1.29 is 4.74 Å². The molecule has 0 radical (unpaired) electrons. The van der Waals surface area contributed by atoms with Gasteiger partial charge in [0.1, 0.15) is 0 Å². The first-order valence-corrected chi connectivity index (χ1v) is 8.27. The Morgan fingerprint density at radius 3 is 2.43 bits per heavy atom. The van der Waals surface area contributed by atoms with Crippen LogP contribution >= 0.6 is 0 Å². The fraction of sp³-hybridized carbons (Fsp3) is 0.933. The van der Waals surface area contributed by atoms with Gasteiger partial charge in [-0.15, -0.1) is 0 Å². The summed E-state index contributed by atoms with van der Waals surface area (Å²) in [6, 6.07) is 0. The lowest BCUT2D eigenvalue weighted by molar-refractivity contribution is 0.0389. The molecule has 1 aliphatic rings. The highest BCUT2D eigenvalue weighted by Gasteiger charge is 2.09.